The fraction of sp³-hybridized carbons (Fsp3) is 0.300. The minimum atomic E-state index is 0.570. The number of nitrogens with zero attached hydrogens (tertiary/aromatic N) is 1. The zero-order valence-corrected chi connectivity index (χ0v) is 8.98. The summed E-state index contributed by atoms with van der Waals surface area (Å²) >= 11 is 1.75. The Morgan fingerprint density at radius 3 is 2.69 bits per heavy atom. The molecule has 0 atom stereocenters. The molecule has 1 heterocycles. The van der Waals surface area contributed by atoms with Crippen LogP contribution < -0.4 is 4.90 Å². The molecule has 13 heavy (non-hydrogen) atoms. The van der Waals surface area contributed by atoms with Crippen molar-refractivity contribution in [3.63, 3.8) is 0 Å². The van der Waals surface area contributed by atoms with Crippen molar-refractivity contribution >= 4 is 22.0 Å². The van der Waals surface area contributed by atoms with E-state index in [0.29, 0.717) is 5.71 Å². The van der Waals surface area contributed by atoms with Crippen molar-refractivity contribution in [3.05, 3.63) is 29.3 Å². The number of allylic oxidation sites excluding steroid dienone is 1. The van der Waals surface area contributed by atoms with Gasteiger partial charge in [-0.2, -0.15) is 0 Å². The van der Waals surface area contributed by atoms with Crippen LogP contribution in [0.25, 0.3) is 0 Å². The standard InChI is InChI=1S/C10H14N2S/c1-8(11)6-7-12(3)10-5-4-9(2)13-10/h4-7,11H,1-3H3/b7-6-,11-8?. The fourth-order valence-electron chi connectivity index (χ4n) is 0.908. The lowest BCUT2D eigenvalue weighted by atomic mass is 10.4. The number of nitrogens with one attached hydrogen (secondary N) is 1. The minimum absolute atomic E-state index is 0.570. The van der Waals surface area contributed by atoms with Gasteiger partial charge in [-0.05, 0) is 32.1 Å². The van der Waals surface area contributed by atoms with Crippen molar-refractivity contribution < 1.29 is 0 Å². The molecule has 70 valence electrons. The maximum Gasteiger partial charge on any atom is 0.0948 e. The van der Waals surface area contributed by atoms with E-state index in [9.17, 15) is 0 Å². The lowest BCUT2D eigenvalue weighted by molar-refractivity contribution is 1.23. The van der Waals surface area contributed by atoms with Crippen LogP contribution >= 0.6 is 11.3 Å². The number of thiophene rings is 1. The Kier molecular flexibility index (Phi) is 3.25. The quantitative estimate of drug-likeness (QED) is 0.736. The molecule has 1 rings (SSSR count). The monoisotopic (exact) mass is 194 g/mol. The Balaban J connectivity index is 2.68. The number of rotatable bonds is 3. The van der Waals surface area contributed by atoms with Crippen LogP contribution in [0, 0.1) is 12.3 Å². The van der Waals surface area contributed by atoms with Gasteiger partial charge in [0.2, 0.25) is 0 Å². The van der Waals surface area contributed by atoms with Gasteiger partial charge in [-0.1, -0.05) is 0 Å². The highest BCUT2D eigenvalue weighted by molar-refractivity contribution is 7.16. The summed E-state index contributed by atoms with van der Waals surface area (Å²) < 4.78 is 0. The molecule has 1 aromatic heterocycles. The third-order valence-corrected chi connectivity index (χ3v) is 2.71. The first kappa shape index (κ1) is 9.99. The largest absolute Gasteiger partial charge is 0.343 e. The van der Waals surface area contributed by atoms with E-state index < -0.39 is 0 Å². The highest BCUT2D eigenvalue weighted by Gasteiger charge is 1.98. The number of aryl methyl sites for hydroxylation is 1. The Bertz CT molecular complexity index is 325. The Hall–Kier alpha value is -1.09. The zero-order valence-electron chi connectivity index (χ0n) is 8.16. The number of anilines is 1. The normalized spacial score (nSPS) is 10.7. The van der Waals surface area contributed by atoms with Gasteiger partial charge in [0.1, 0.15) is 0 Å². The maximum absolute atomic E-state index is 7.25. The summed E-state index contributed by atoms with van der Waals surface area (Å²) in [7, 11) is 1.99. The summed E-state index contributed by atoms with van der Waals surface area (Å²) in [5, 5.41) is 8.45. The predicted octanol–water partition coefficient (Wildman–Crippen LogP) is 3.05. The molecule has 1 N–H and O–H groups in total. The van der Waals surface area contributed by atoms with Crippen LogP contribution in [-0.2, 0) is 0 Å². The second kappa shape index (κ2) is 4.23. The lowest BCUT2D eigenvalue weighted by Crippen LogP contribution is -2.06. The van der Waals surface area contributed by atoms with Crippen molar-refractivity contribution in [2.45, 2.75) is 13.8 Å². The molecule has 0 fully saturated rings. The molecule has 0 saturated heterocycles. The van der Waals surface area contributed by atoms with E-state index in [-0.39, 0.29) is 0 Å². The first-order chi connectivity index (χ1) is 6.09. The smallest absolute Gasteiger partial charge is 0.0948 e. The molecule has 3 heteroatoms. The van der Waals surface area contributed by atoms with Crippen molar-refractivity contribution in [3.8, 4) is 0 Å². The van der Waals surface area contributed by atoms with Gasteiger partial charge in [0.15, 0.2) is 0 Å². The first-order valence-corrected chi connectivity index (χ1v) is 4.94. The summed E-state index contributed by atoms with van der Waals surface area (Å²) in [5.41, 5.74) is 0.570. The van der Waals surface area contributed by atoms with Gasteiger partial charge < -0.3 is 10.3 Å². The van der Waals surface area contributed by atoms with Crippen LogP contribution in [0.2, 0.25) is 0 Å². The highest BCUT2D eigenvalue weighted by atomic mass is 32.1. The van der Waals surface area contributed by atoms with Crippen LogP contribution in [0.5, 0.6) is 0 Å². The van der Waals surface area contributed by atoms with Crippen LogP contribution in [0.3, 0.4) is 0 Å². The molecule has 0 aromatic carbocycles. The molecule has 0 bridgehead atoms. The molecular formula is C10H14N2S. The third-order valence-electron chi connectivity index (χ3n) is 1.62. The van der Waals surface area contributed by atoms with E-state index in [2.05, 4.69) is 19.1 Å². The highest BCUT2D eigenvalue weighted by Crippen LogP contribution is 2.24. The Morgan fingerprint density at radius 1 is 1.54 bits per heavy atom. The van der Waals surface area contributed by atoms with Gasteiger partial charge in [0.05, 0.1) is 5.00 Å². The van der Waals surface area contributed by atoms with E-state index in [1.807, 2.05) is 18.1 Å². The summed E-state index contributed by atoms with van der Waals surface area (Å²) in [6.07, 6.45) is 3.70. The summed E-state index contributed by atoms with van der Waals surface area (Å²) in [6, 6.07) is 4.19. The van der Waals surface area contributed by atoms with E-state index >= 15 is 0 Å². The molecule has 0 radical (unpaired) electrons. The molecule has 0 spiro atoms. The third kappa shape index (κ3) is 3.03. The Labute approximate surface area is 83.0 Å². The summed E-state index contributed by atoms with van der Waals surface area (Å²) in [4.78, 5) is 3.33. The molecule has 1 aromatic rings. The first-order valence-electron chi connectivity index (χ1n) is 4.12. The second-order valence-corrected chi connectivity index (χ2v) is 4.26. The molecule has 0 aliphatic heterocycles. The average molecular weight is 194 g/mol. The average Bonchev–Trinajstić information content (AvgIpc) is 2.47. The number of hydrogen-bond acceptors (Lipinski definition) is 3. The molecule has 2 nitrogen and oxygen atoms in total. The number of hydrogen-bond donors (Lipinski definition) is 1. The minimum Gasteiger partial charge on any atom is -0.343 e. The van der Waals surface area contributed by atoms with Gasteiger partial charge in [-0.3, -0.25) is 0 Å². The van der Waals surface area contributed by atoms with E-state index in [4.69, 9.17) is 5.41 Å². The maximum atomic E-state index is 7.25. The SMILES string of the molecule is CC(=N)/C=C\N(C)c1ccc(C)s1. The van der Waals surface area contributed by atoms with E-state index in [0.717, 1.165) is 0 Å². The van der Waals surface area contributed by atoms with E-state index in [1.54, 1.807) is 24.3 Å². The van der Waals surface area contributed by atoms with Gasteiger partial charge >= 0.3 is 0 Å². The molecule has 0 aliphatic carbocycles. The molecule has 0 unspecified atom stereocenters. The molecular weight excluding hydrogens is 180 g/mol. The topological polar surface area (TPSA) is 27.1 Å². The lowest BCUT2D eigenvalue weighted by Gasteiger charge is -2.09. The van der Waals surface area contributed by atoms with Crippen LogP contribution in [0.15, 0.2) is 24.4 Å². The summed E-state index contributed by atoms with van der Waals surface area (Å²) in [5.74, 6) is 0. The van der Waals surface area contributed by atoms with Crippen molar-refractivity contribution in [2.24, 2.45) is 0 Å². The van der Waals surface area contributed by atoms with Crippen LogP contribution in [-0.4, -0.2) is 12.8 Å². The fourth-order valence-corrected chi connectivity index (χ4v) is 1.72. The van der Waals surface area contributed by atoms with Crippen LogP contribution in [0.1, 0.15) is 11.8 Å². The van der Waals surface area contributed by atoms with Gasteiger partial charge in [-0.25, -0.2) is 0 Å². The van der Waals surface area contributed by atoms with Gasteiger partial charge in [0, 0.05) is 23.8 Å². The van der Waals surface area contributed by atoms with Gasteiger partial charge in [0.25, 0.3) is 0 Å². The predicted molar refractivity (Wildman–Crippen MR) is 60.0 cm³/mol. The van der Waals surface area contributed by atoms with Crippen LogP contribution in [0.4, 0.5) is 5.00 Å². The van der Waals surface area contributed by atoms with Gasteiger partial charge in [-0.15, -0.1) is 11.3 Å². The van der Waals surface area contributed by atoms with Crippen molar-refractivity contribution in [1.82, 2.24) is 0 Å². The molecule has 0 aliphatic rings. The van der Waals surface area contributed by atoms with Crippen molar-refractivity contribution in [1.29, 1.82) is 5.41 Å². The molecule has 0 saturated carbocycles. The van der Waals surface area contributed by atoms with E-state index in [1.165, 1.54) is 9.88 Å². The zero-order chi connectivity index (χ0) is 9.84. The Morgan fingerprint density at radius 2 is 2.23 bits per heavy atom. The second-order valence-electron chi connectivity index (χ2n) is 2.99. The van der Waals surface area contributed by atoms with Crippen molar-refractivity contribution in [2.75, 3.05) is 11.9 Å². The summed E-state index contributed by atoms with van der Waals surface area (Å²) in [6.45, 7) is 3.86. The molecule has 0 amide bonds.